The number of carbonyl (C=O) groups excluding carboxylic acids is 1. The highest BCUT2D eigenvalue weighted by Crippen LogP contribution is 2.17. The fraction of sp³-hybridized carbons (Fsp3) is 0.429. The molecule has 0 saturated heterocycles. The van der Waals surface area contributed by atoms with E-state index in [1.165, 1.54) is 0 Å². The van der Waals surface area contributed by atoms with Gasteiger partial charge in [-0.3, -0.25) is 4.79 Å². The van der Waals surface area contributed by atoms with Crippen molar-refractivity contribution in [3.8, 4) is 0 Å². The number of aromatic nitrogens is 1. The summed E-state index contributed by atoms with van der Waals surface area (Å²) in [5.41, 5.74) is 2.78. The van der Waals surface area contributed by atoms with Crippen molar-refractivity contribution in [1.29, 1.82) is 0 Å². The minimum absolute atomic E-state index is 0.242. The van der Waals surface area contributed by atoms with Crippen LogP contribution in [0.5, 0.6) is 0 Å². The molecule has 3 nitrogen and oxygen atoms in total. The molecule has 66 valence electrons. The summed E-state index contributed by atoms with van der Waals surface area (Å²) in [6.07, 6.45) is 0.676. The average Bonchev–Trinajstić information content (AvgIpc) is 2.37. The molecule has 0 aliphatic carbocycles. The molecule has 0 amide bonds. The molecule has 12 heavy (non-hydrogen) atoms. The molecule has 0 aliphatic rings. The Hall–Kier alpha value is -0.420. The van der Waals surface area contributed by atoms with Gasteiger partial charge in [-0.05, 0) is 22.9 Å². The lowest BCUT2D eigenvalue weighted by molar-refractivity contribution is -0.129. The lowest BCUT2D eigenvalue weighted by atomic mass is 10.3. The first-order chi connectivity index (χ1) is 5.74. The first-order valence-corrected chi connectivity index (χ1v) is 5.15. The van der Waals surface area contributed by atoms with Crippen molar-refractivity contribution in [3.63, 3.8) is 0 Å². The number of ether oxygens (including phenoxy) is 1. The Kier molecular flexibility index (Phi) is 3.68. The van der Waals surface area contributed by atoms with Crippen LogP contribution < -0.4 is 0 Å². The van der Waals surface area contributed by atoms with Crippen molar-refractivity contribution in [2.75, 3.05) is 0 Å². The number of thiazole rings is 1. The molecule has 1 aromatic heterocycles. The SMILES string of the molecule is Cc1ncsc1CC(Br)OC=O. The number of aryl methyl sites for hydroxylation is 1. The second-order valence-corrected chi connectivity index (χ2v) is 4.17. The third kappa shape index (κ3) is 2.57. The number of nitrogens with zero attached hydrogens (tertiary/aromatic N) is 1. The topological polar surface area (TPSA) is 39.2 Å². The van der Waals surface area contributed by atoms with Crippen LogP contribution in [0, 0.1) is 6.92 Å². The van der Waals surface area contributed by atoms with Crippen LogP contribution in [0.4, 0.5) is 0 Å². The maximum absolute atomic E-state index is 9.96. The van der Waals surface area contributed by atoms with Crippen molar-refractivity contribution in [3.05, 3.63) is 16.1 Å². The van der Waals surface area contributed by atoms with Crippen LogP contribution >= 0.6 is 27.3 Å². The highest BCUT2D eigenvalue weighted by Gasteiger charge is 2.09. The molecule has 0 bridgehead atoms. The van der Waals surface area contributed by atoms with E-state index in [4.69, 9.17) is 0 Å². The van der Waals surface area contributed by atoms with Gasteiger partial charge in [0, 0.05) is 11.3 Å². The summed E-state index contributed by atoms with van der Waals surface area (Å²) in [4.78, 5) is 15.2. The van der Waals surface area contributed by atoms with Crippen molar-refractivity contribution in [2.24, 2.45) is 0 Å². The fourth-order valence-corrected chi connectivity index (χ4v) is 2.21. The van der Waals surface area contributed by atoms with Gasteiger partial charge >= 0.3 is 0 Å². The average molecular weight is 250 g/mol. The van der Waals surface area contributed by atoms with Gasteiger partial charge < -0.3 is 4.74 Å². The van der Waals surface area contributed by atoms with Gasteiger partial charge in [0.25, 0.3) is 6.47 Å². The Labute approximate surface area is 82.9 Å². The van der Waals surface area contributed by atoms with Gasteiger partial charge in [0.15, 0.2) is 5.01 Å². The monoisotopic (exact) mass is 249 g/mol. The normalized spacial score (nSPS) is 12.5. The Bertz CT molecular complexity index is 264. The zero-order chi connectivity index (χ0) is 8.97. The second kappa shape index (κ2) is 4.57. The van der Waals surface area contributed by atoms with E-state index in [1.54, 1.807) is 16.8 Å². The Morgan fingerprint density at radius 3 is 3.17 bits per heavy atom. The predicted molar refractivity (Wildman–Crippen MR) is 50.4 cm³/mol. The van der Waals surface area contributed by atoms with E-state index in [9.17, 15) is 4.79 Å². The van der Waals surface area contributed by atoms with Crippen LogP contribution in [0.2, 0.25) is 0 Å². The predicted octanol–water partition coefficient (Wildman–Crippen LogP) is 1.89. The maximum atomic E-state index is 9.96. The Balaban J connectivity index is 2.51. The summed E-state index contributed by atoms with van der Waals surface area (Å²) in [6, 6.07) is 0. The molecule has 0 radical (unpaired) electrons. The molecule has 0 spiro atoms. The smallest absolute Gasteiger partial charge is 0.294 e. The quantitative estimate of drug-likeness (QED) is 0.605. The van der Waals surface area contributed by atoms with Crippen LogP contribution in [-0.4, -0.2) is 16.5 Å². The molecule has 0 N–H and O–H groups in total. The zero-order valence-corrected chi connectivity index (χ0v) is 8.89. The number of carbonyl (C=O) groups is 1. The Morgan fingerprint density at radius 1 is 1.92 bits per heavy atom. The largest absolute Gasteiger partial charge is 0.453 e. The molecule has 1 aromatic rings. The van der Waals surface area contributed by atoms with E-state index in [-0.39, 0.29) is 5.01 Å². The lowest BCUT2D eigenvalue weighted by Gasteiger charge is -2.05. The lowest BCUT2D eigenvalue weighted by Crippen LogP contribution is -2.06. The highest BCUT2D eigenvalue weighted by atomic mass is 79.9. The summed E-state index contributed by atoms with van der Waals surface area (Å²) in [5.74, 6) is 0. The fourth-order valence-electron chi connectivity index (χ4n) is 0.776. The minimum atomic E-state index is -0.242. The van der Waals surface area contributed by atoms with Crippen LogP contribution in [0.25, 0.3) is 0 Å². The molecule has 0 aliphatic heterocycles. The number of rotatable bonds is 4. The van der Waals surface area contributed by atoms with Crippen LogP contribution in [0.15, 0.2) is 5.51 Å². The molecule has 1 unspecified atom stereocenters. The van der Waals surface area contributed by atoms with Gasteiger partial charge in [-0.2, -0.15) is 0 Å². The third-order valence-corrected chi connectivity index (χ3v) is 2.89. The van der Waals surface area contributed by atoms with Gasteiger partial charge in [-0.15, -0.1) is 11.3 Å². The highest BCUT2D eigenvalue weighted by molar-refractivity contribution is 9.09. The van der Waals surface area contributed by atoms with E-state index < -0.39 is 0 Å². The molecule has 0 aromatic carbocycles. The van der Waals surface area contributed by atoms with E-state index >= 15 is 0 Å². The van der Waals surface area contributed by atoms with Gasteiger partial charge in [0.05, 0.1) is 11.2 Å². The minimum Gasteiger partial charge on any atom is -0.453 e. The second-order valence-electron chi connectivity index (χ2n) is 2.21. The van der Waals surface area contributed by atoms with Crippen molar-refractivity contribution < 1.29 is 9.53 Å². The summed E-state index contributed by atoms with van der Waals surface area (Å²) in [6.45, 7) is 2.38. The van der Waals surface area contributed by atoms with Gasteiger partial charge in [-0.1, -0.05) is 0 Å². The standard InChI is InChI=1S/C7H8BrNO2S/c1-5-6(12-3-9-5)2-7(8)11-4-10/h3-4,7H,2H2,1H3. The van der Waals surface area contributed by atoms with E-state index in [0.717, 1.165) is 10.6 Å². The summed E-state index contributed by atoms with van der Waals surface area (Å²) in [7, 11) is 0. The first-order valence-electron chi connectivity index (χ1n) is 3.36. The zero-order valence-electron chi connectivity index (χ0n) is 6.49. The molecule has 1 heterocycles. The van der Waals surface area contributed by atoms with Gasteiger partial charge in [-0.25, -0.2) is 4.98 Å². The van der Waals surface area contributed by atoms with Crippen molar-refractivity contribution in [2.45, 2.75) is 18.4 Å². The van der Waals surface area contributed by atoms with E-state index in [1.807, 2.05) is 6.92 Å². The maximum Gasteiger partial charge on any atom is 0.294 e. The summed E-state index contributed by atoms with van der Waals surface area (Å²) < 4.78 is 4.69. The Morgan fingerprint density at radius 2 is 2.67 bits per heavy atom. The van der Waals surface area contributed by atoms with Gasteiger partial charge in [0.2, 0.25) is 0 Å². The molecule has 0 saturated carbocycles. The van der Waals surface area contributed by atoms with Gasteiger partial charge in [0.1, 0.15) is 0 Å². The number of halogens is 1. The molecule has 1 atom stereocenters. The molecular weight excluding hydrogens is 242 g/mol. The van der Waals surface area contributed by atoms with E-state index in [2.05, 4.69) is 25.7 Å². The molecular formula is C7H8BrNO2S. The number of hydrogen-bond donors (Lipinski definition) is 0. The van der Waals surface area contributed by atoms with Crippen LogP contribution in [-0.2, 0) is 16.0 Å². The van der Waals surface area contributed by atoms with Crippen LogP contribution in [0.3, 0.4) is 0 Å². The number of hydrogen-bond acceptors (Lipinski definition) is 4. The number of alkyl halides is 1. The van der Waals surface area contributed by atoms with Crippen molar-refractivity contribution in [1.82, 2.24) is 4.98 Å². The van der Waals surface area contributed by atoms with E-state index in [0.29, 0.717) is 12.9 Å². The molecule has 1 rings (SSSR count). The molecule has 5 heteroatoms. The first kappa shape index (κ1) is 9.67. The summed E-state index contributed by atoms with van der Waals surface area (Å²) >= 11 is 4.79. The van der Waals surface area contributed by atoms with Crippen LogP contribution in [0.1, 0.15) is 10.6 Å². The van der Waals surface area contributed by atoms with Crippen molar-refractivity contribution >= 4 is 33.7 Å². The summed E-state index contributed by atoms with van der Waals surface area (Å²) in [5, 5.41) is -0.242. The third-order valence-electron chi connectivity index (χ3n) is 1.39. The molecule has 0 fully saturated rings.